The van der Waals surface area contributed by atoms with Crippen LogP contribution in [0.15, 0.2) is 212 Å². The van der Waals surface area contributed by atoms with Gasteiger partial charge in [-0.3, -0.25) is 0 Å². The highest BCUT2D eigenvalue weighted by molar-refractivity contribution is 5.93. The van der Waals surface area contributed by atoms with Gasteiger partial charge < -0.3 is 9.64 Å². The Kier molecular flexibility index (Phi) is 9.55. The number of benzene rings is 9. The normalized spacial score (nSPS) is 13.3. The minimum atomic E-state index is -0.622. The zero-order chi connectivity index (χ0) is 44.5. The third kappa shape index (κ3) is 6.79. The molecular weight excluding hydrogens is 787 g/mol. The zero-order valence-electron chi connectivity index (χ0n) is 38.1. The van der Waals surface area contributed by atoms with E-state index in [1.807, 2.05) is 0 Å². The van der Waals surface area contributed by atoms with E-state index in [0.29, 0.717) is 0 Å². The van der Waals surface area contributed by atoms with Crippen molar-refractivity contribution in [3.8, 4) is 56.0 Å². The molecule has 1 heterocycles. The number of hydrogen-bond acceptors (Lipinski definition) is 2. The van der Waals surface area contributed by atoms with Crippen molar-refractivity contribution in [1.82, 2.24) is 0 Å². The maximum Gasteiger partial charge on any atom is 0.132 e. The molecule has 0 bridgehead atoms. The molecule has 0 unspecified atom stereocenters. The molecule has 0 amide bonds. The zero-order valence-corrected chi connectivity index (χ0v) is 38.1. The first kappa shape index (κ1) is 40.4. The highest BCUT2D eigenvalue weighted by Gasteiger charge is 2.52. The van der Waals surface area contributed by atoms with Crippen molar-refractivity contribution in [2.75, 3.05) is 4.90 Å². The Hall–Kier alpha value is -7.42. The van der Waals surface area contributed by atoms with Crippen LogP contribution in [0, 0.1) is 0 Å². The van der Waals surface area contributed by atoms with E-state index < -0.39 is 5.41 Å². The van der Waals surface area contributed by atoms with Crippen molar-refractivity contribution < 1.29 is 4.74 Å². The van der Waals surface area contributed by atoms with Crippen LogP contribution in [0.4, 0.5) is 17.1 Å². The van der Waals surface area contributed by atoms with Gasteiger partial charge >= 0.3 is 0 Å². The van der Waals surface area contributed by atoms with Crippen LogP contribution in [0.25, 0.3) is 44.5 Å². The first-order chi connectivity index (χ1) is 31.5. The highest BCUT2D eigenvalue weighted by atomic mass is 16.5. The van der Waals surface area contributed by atoms with Crippen LogP contribution in [0.1, 0.15) is 74.9 Å². The van der Waals surface area contributed by atoms with E-state index in [1.165, 1.54) is 61.2 Å². The van der Waals surface area contributed by atoms with Gasteiger partial charge in [0.1, 0.15) is 11.5 Å². The predicted molar refractivity (Wildman–Crippen MR) is 272 cm³/mol. The highest BCUT2D eigenvalue weighted by Crippen LogP contribution is 2.63. The third-order valence-electron chi connectivity index (χ3n) is 13.7. The number of hydrogen-bond donors (Lipinski definition) is 0. The van der Waals surface area contributed by atoms with Crippen LogP contribution >= 0.6 is 0 Å². The van der Waals surface area contributed by atoms with Crippen LogP contribution < -0.4 is 9.64 Å². The van der Waals surface area contributed by atoms with E-state index in [2.05, 4.69) is 259 Å². The molecule has 2 heteroatoms. The monoisotopic (exact) mass is 839 g/mol. The summed E-state index contributed by atoms with van der Waals surface area (Å²) in [6.45, 7) is 13.9. The average Bonchev–Trinajstić information content (AvgIpc) is 3.62. The summed E-state index contributed by atoms with van der Waals surface area (Å²) in [4.78, 5) is 2.41. The summed E-state index contributed by atoms with van der Waals surface area (Å²) in [5, 5.41) is 0. The Bertz CT molecular complexity index is 3080. The van der Waals surface area contributed by atoms with Gasteiger partial charge in [0.25, 0.3) is 0 Å². The smallest absolute Gasteiger partial charge is 0.132 e. The molecule has 0 fully saturated rings. The van der Waals surface area contributed by atoms with Gasteiger partial charge in [0, 0.05) is 28.1 Å². The predicted octanol–water partition coefficient (Wildman–Crippen LogP) is 17.2. The molecule has 0 aromatic heterocycles. The molecule has 2 aliphatic rings. The van der Waals surface area contributed by atoms with E-state index in [-0.39, 0.29) is 10.8 Å². The summed E-state index contributed by atoms with van der Waals surface area (Å²) >= 11 is 0. The second-order valence-electron chi connectivity index (χ2n) is 19.8. The Labute approximate surface area is 384 Å². The maximum absolute atomic E-state index is 6.98. The Balaban J connectivity index is 1.14. The van der Waals surface area contributed by atoms with Gasteiger partial charge in [-0.05, 0) is 121 Å². The average molecular weight is 840 g/mol. The number of rotatable bonds is 6. The van der Waals surface area contributed by atoms with Crippen LogP contribution in [0.5, 0.6) is 11.5 Å². The Morgan fingerprint density at radius 3 is 1.32 bits per heavy atom. The van der Waals surface area contributed by atoms with E-state index in [0.717, 1.165) is 45.3 Å². The molecule has 9 aromatic carbocycles. The molecule has 9 aromatic rings. The third-order valence-corrected chi connectivity index (χ3v) is 13.7. The Morgan fingerprint density at radius 1 is 0.338 bits per heavy atom. The summed E-state index contributed by atoms with van der Waals surface area (Å²) in [6, 6.07) is 78.1. The molecule has 11 rings (SSSR count). The largest absolute Gasteiger partial charge is 0.457 e. The van der Waals surface area contributed by atoms with Crippen LogP contribution in [0.3, 0.4) is 0 Å². The number of nitrogens with zero attached hydrogens (tertiary/aromatic N) is 1. The maximum atomic E-state index is 6.98. The molecule has 2 nitrogen and oxygen atoms in total. The van der Waals surface area contributed by atoms with Crippen LogP contribution in [0.2, 0.25) is 0 Å². The summed E-state index contributed by atoms with van der Waals surface area (Å²) in [7, 11) is 0. The lowest BCUT2D eigenvalue weighted by Crippen LogP contribution is -2.33. The quantitative estimate of drug-likeness (QED) is 0.165. The number of para-hydroxylation sites is 2. The van der Waals surface area contributed by atoms with Crippen molar-refractivity contribution in [2.45, 2.75) is 57.8 Å². The standard InChI is InChI=1S/C63H53NO/c1-61(2,3)47-30-36-52-53-37-31-48(62(4,5)6)41-56(53)63(55(52)40-47)54-22-14-16-24-59(54)65-60-38-29-46(39-57(60)63)51-21-13-15-23-58(51)64(49-32-25-44(26-33-49)42-17-9-7-10-18-42)50-34-27-45(28-35-50)43-19-11-8-12-20-43/h7-41H,1-6H3. The second-order valence-corrected chi connectivity index (χ2v) is 19.8. The SMILES string of the molecule is CC(C)(C)c1ccc2c(c1)C1(c3ccccc3Oc3ccc(-c4ccccc4N(c4ccc(-c5ccccc5)cc4)c4ccc(-c5ccccc5)cc4)cc31)c1cc(C(C)(C)C)ccc1-2. The van der Waals surface area contributed by atoms with Crippen molar-refractivity contribution in [2.24, 2.45) is 0 Å². The van der Waals surface area contributed by atoms with Crippen molar-refractivity contribution in [3.05, 3.63) is 246 Å². The summed E-state index contributed by atoms with van der Waals surface area (Å²) in [5.41, 5.74) is 19.7. The summed E-state index contributed by atoms with van der Waals surface area (Å²) in [6.07, 6.45) is 0. The van der Waals surface area contributed by atoms with Gasteiger partial charge in [0.15, 0.2) is 0 Å². The minimum Gasteiger partial charge on any atom is -0.457 e. The first-order valence-corrected chi connectivity index (χ1v) is 22.9. The van der Waals surface area contributed by atoms with Gasteiger partial charge in [0.2, 0.25) is 0 Å². The van der Waals surface area contributed by atoms with Crippen LogP contribution in [-0.4, -0.2) is 0 Å². The fourth-order valence-electron chi connectivity index (χ4n) is 10.3. The fraction of sp³-hybridized carbons (Fsp3) is 0.143. The van der Waals surface area contributed by atoms with Gasteiger partial charge in [-0.2, -0.15) is 0 Å². The van der Waals surface area contributed by atoms with Crippen molar-refractivity contribution >= 4 is 17.1 Å². The molecule has 0 saturated heterocycles. The lowest BCUT2D eigenvalue weighted by Gasteiger charge is -2.40. The number of anilines is 3. The minimum absolute atomic E-state index is 0.0437. The van der Waals surface area contributed by atoms with Gasteiger partial charge in [-0.1, -0.05) is 205 Å². The Morgan fingerprint density at radius 2 is 0.785 bits per heavy atom. The number of ether oxygens (including phenoxy) is 1. The van der Waals surface area contributed by atoms with Crippen molar-refractivity contribution in [3.63, 3.8) is 0 Å². The van der Waals surface area contributed by atoms with Gasteiger partial charge in [-0.15, -0.1) is 0 Å². The van der Waals surface area contributed by atoms with Gasteiger partial charge in [0.05, 0.1) is 11.1 Å². The van der Waals surface area contributed by atoms with Crippen LogP contribution in [-0.2, 0) is 16.2 Å². The lowest BCUT2D eigenvalue weighted by atomic mass is 9.64. The summed E-state index contributed by atoms with van der Waals surface area (Å²) < 4.78 is 6.98. The molecule has 1 spiro atoms. The molecule has 65 heavy (non-hydrogen) atoms. The number of fused-ring (bicyclic) bond motifs is 9. The second kappa shape index (κ2) is 15.4. The van der Waals surface area contributed by atoms with E-state index in [1.54, 1.807) is 0 Å². The molecule has 1 aliphatic carbocycles. The van der Waals surface area contributed by atoms with E-state index in [4.69, 9.17) is 4.74 Å². The first-order valence-electron chi connectivity index (χ1n) is 22.9. The molecule has 0 saturated carbocycles. The topological polar surface area (TPSA) is 12.5 Å². The molecule has 0 atom stereocenters. The lowest BCUT2D eigenvalue weighted by molar-refractivity contribution is 0.436. The molecule has 0 N–H and O–H groups in total. The van der Waals surface area contributed by atoms with Crippen molar-refractivity contribution in [1.29, 1.82) is 0 Å². The van der Waals surface area contributed by atoms with E-state index in [9.17, 15) is 0 Å². The molecular formula is C63H53NO. The van der Waals surface area contributed by atoms with E-state index >= 15 is 0 Å². The fourth-order valence-corrected chi connectivity index (χ4v) is 10.3. The molecule has 316 valence electrons. The summed E-state index contributed by atoms with van der Waals surface area (Å²) in [5.74, 6) is 1.79. The van der Waals surface area contributed by atoms with Gasteiger partial charge in [-0.25, -0.2) is 0 Å². The molecule has 1 aliphatic heterocycles. The molecule has 0 radical (unpaired) electrons.